The molecule has 0 spiro atoms. The first kappa shape index (κ1) is 35.8. The maximum Gasteiger partial charge on any atom is 0.435 e. The number of hydrogen-bond acceptors (Lipinski definition) is 7. The largest absolute Gasteiger partial charge is 0.444 e. The SMILES string of the molecule is C=C(NC(=O)OC(C)(C)C)Nc1ccc2c(c1)CC(c1ccc(-c3ccc(C4=Nc5ccc(NC(C)=NC(=O)OC(C)(C)C)cc5C4)cc3)cc1)=N2. The van der Waals surface area contributed by atoms with Crippen LogP contribution in [0.25, 0.3) is 11.1 Å². The number of benzene rings is 4. The maximum absolute atomic E-state index is 12.1. The molecule has 0 atom stereocenters. The fourth-order valence-corrected chi connectivity index (χ4v) is 5.89. The number of ether oxygens (including phenoxy) is 2. The van der Waals surface area contributed by atoms with Crippen LogP contribution in [0.2, 0.25) is 0 Å². The van der Waals surface area contributed by atoms with Crippen LogP contribution < -0.4 is 16.0 Å². The predicted molar refractivity (Wildman–Crippen MR) is 210 cm³/mol. The predicted octanol–water partition coefficient (Wildman–Crippen LogP) is 9.88. The summed E-state index contributed by atoms with van der Waals surface area (Å²) in [6, 6.07) is 28.8. The number of carbonyl (C=O) groups excluding carboxylic acids is 2. The second-order valence-corrected chi connectivity index (χ2v) is 14.8. The van der Waals surface area contributed by atoms with E-state index in [1.54, 1.807) is 6.92 Å². The highest BCUT2D eigenvalue weighted by Crippen LogP contribution is 2.34. The lowest BCUT2D eigenvalue weighted by molar-refractivity contribution is 0.0544. The van der Waals surface area contributed by atoms with Crippen molar-refractivity contribution in [2.24, 2.45) is 15.0 Å². The van der Waals surface area contributed by atoms with Crippen molar-refractivity contribution >= 4 is 52.2 Å². The molecule has 0 aromatic heterocycles. The van der Waals surface area contributed by atoms with Gasteiger partial charge in [0.15, 0.2) is 0 Å². The van der Waals surface area contributed by atoms with Gasteiger partial charge in [0.25, 0.3) is 0 Å². The Balaban J connectivity index is 1.04. The number of amides is 2. The van der Waals surface area contributed by atoms with Crippen molar-refractivity contribution in [3.05, 3.63) is 120 Å². The quantitative estimate of drug-likeness (QED) is 0.130. The van der Waals surface area contributed by atoms with E-state index in [0.717, 1.165) is 67.6 Å². The van der Waals surface area contributed by atoms with Crippen LogP contribution in [0.15, 0.2) is 112 Å². The van der Waals surface area contributed by atoms with Gasteiger partial charge in [-0.05, 0) is 118 Å². The Kier molecular flexibility index (Phi) is 9.84. The number of fused-ring (bicyclic) bond motifs is 2. The molecule has 0 bridgehead atoms. The Labute approximate surface area is 304 Å². The summed E-state index contributed by atoms with van der Waals surface area (Å²) in [5, 5.41) is 8.94. The number of rotatable bonds is 7. The first-order valence-electron chi connectivity index (χ1n) is 17.2. The molecule has 2 amide bonds. The Bertz CT molecular complexity index is 2130. The van der Waals surface area contributed by atoms with Crippen LogP contribution >= 0.6 is 0 Å². The van der Waals surface area contributed by atoms with Crippen LogP contribution in [-0.4, -0.2) is 40.6 Å². The van der Waals surface area contributed by atoms with Gasteiger partial charge in [-0.2, -0.15) is 4.99 Å². The van der Waals surface area contributed by atoms with E-state index in [1.807, 2.05) is 77.9 Å². The third-order valence-electron chi connectivity index (χ3n) is 8.08. The number of alkyl carbamates (subject to hydrolysis) is 1. The van der Waals surface area contributed by atoms with Gasteiger partial charge in [0.2, 0.25) is 0 Å². The second kappa shape index (κ2) is 14.3. The number of aliphatic imine (C=N–C) groups is 3. The van der Waals surface area contributed by atoms with Gasteiger partial charge in [-0.15, -0.1) is 0 Å². The molecule has 0 saturated carbocycles. The standard InChI is InChI=1S/C42H44N6O4/c1-25(45-39(49)51-41(3,4)5)43-33-17-19-35-31(21-33)23-37(47-35)29-13-9-27(10-14-29)28-11-15-30(16-12-28)38-24-32-22-34(18-20-36(32)48-38)44-26(2)46-40(50)52-42(6,7)8/h9-22,43H,1,23-24H2,2-8H3,(H,45,49)(H,44,46,50). The van der Waals surface area contributed by atoms with E-state index in [-0.39, 0.29) is 0 Å². The van der Waals surface area contributed by atoms with Gasteiger partial charge in [-0.3, -0.25) is 15.3 Å². The first-order valence-corrected chi connectivity index (χ1v) is 17.2. The van der Waals surface area contributed by atoms with Crippen LogP contribution in [0, 0.1) is 0 Å². The summed E-state index contributed by atoms with van der Waals surface area (Å²) in [5.74, 6) is 0.792. The molecule has 266 valence electrons. The van der Waals surface area contributed by atoms with E-state index in [4.69, 9.17) is 19.5 Å². The zero-order chi connectivity index (χ0) is 37.2. The van der Waals surface area contributed by atoms with E-state index < -0.39 is 23.4 Å². The fraction of sp³-hybridized carbons (Fsp3) is 0.262. The lowest BCUT2D eigenvalue weighted by Gasteiger charge is -2.20. The average Bonchev–Trinajstić information content (AvgIpc) is 3.67. The summed E-state index contributed by atoms with van der Waals surface area (Å²) in [5.41, 5.74) is 10.9. The van der Waals surface area contributed by atoms with Gasteiger partial charge in [0.05, 0.1) is 22.8 Å². The fourth-order valence-electron chi connectivity index (χ4n) is 5.89. The Morgan fingerprint density at radius 1 is 0.654 bits per heavy atom. The van der Waals surface area contributed by atoms with E-state index in [1.165, 1.54) is 0 Å². The number of nitrogens with one attached hydrogen (secondary N) is 3. The van der Waals surface area contributed by atoms with Crippen molar-refractivity contribution in [3.63, 3.8) is 0 Å². The average molecular weight is 697 g/mol. The van der Waals surface area contributed by atoms with Crippen LogP contribution in [0.4, 0.5) is 32.3 Å². The van der Waals surface area contributed by atoms with Gasteiger partial charge in [0.1, 0.15) is 22.9 Å². The Morgan fingerprint density at radius 3 is 1.56 bits per heavy atom. The highest BCUT2D eigenvalue weighted by Gasteiger charge is 2.20. The molecule has 2 aliphatic rings. The minimum Gasteiger partial charge on any atom is -0.444 e. The molecule has 4 aromatic carbocycles. The number of nitrogens with zero attached hydrogens (tertiary/aromatic N) is 3. The van der Waals surface area contributed by atoms with E-state index in [2.05, 4.69) is 76.1 Å². The van der Waals surface area contributed by atoms with Crippen molar-refractivity contribution in [1.82, 2.24) is 5.32 Å². The summed E-state index contributed by atoms with van der Waals surface area (Å²) in [6.07, 6.45) is 0.227. The molecule has 52 heavy (non-hydrogen) atoms. The summed E-state index contributed by atoms with van der Waals surface area (Å²) >= 11 is 0. The van der Waals surface area contributed by atoms with Gasteiger partial charge >= 0.3 is 12.2 Å². The summed E-state index contributed by atoms with van der Waals surface area (Å²) in [6.45, 7) is 16.5. The summed E-state index contributed by atoms with van der Waals surface area (Å²) in [7, 11) is 0. The number of hydrogen-bond donors (Lipinski definition) is 3. The topological polar surface area (TPSA) is 126 Å². The number of anilines is 2. The van der Waals surface area contributed by atoms with Crippen molar-refractivity contribution < 1.29 is 19.1 Å². The molecular weight excluding hydrogens is 652 g/mol. The minimum atomic E-state index is -0.623. The van der Waals surface area contributed by atoms with Gasteiger partial charge in [-0.25, -0.2) is 9.59 Å². The Morgan fingerprint density at radius 2 is 1.10 bits per heavy atom. The lowest BCUT2D eigenvalue weighted by Crippen LogP contribution is -2.33. The zero-order valence-corrected chi connectivity index (χ0v) is 30.7. The normalized spacial score (nSPS) is 13.7. The molecule has 6 rings (SSSR count). The van der Waals surface area contributed by atoms with Crippen molar-refractivity contribution in [3.8, 4) is 11.1 Å². The highest BCUT2D eigenvalue weighted by atomic mass is 16.6. The number of carbonyl (C=O) groups is 2. The van der Waals surface area contributed by atoms with E-state index >= 15 is 0 Å². The van der Waals surface area contributed by atoms with Gasteiger partial charge in [-0.1, -0.05) is 55.1 Å². The molecule has 2 aliphatic heterocycles. The molecule has 4 aromatic rings. The van der Waals surface area contributed by atoms with E-state index in [0.29, 0.717) is 24.5 Å². The van der Waals surface area contributed by atoms with Crippen molar-refractivity contribution in [2.45, 2.75) is 72.5 Å². The minimum absolute atomic E-state index is 0.334. The smallest absolute Gasteiger partial charge is 0.435 e. The molecule has 10 heteroatoms. The summed E-state index contributed by atoms with van der Waals surface area (Å²) in [4.78, 5) is 37.9. The zero-order valence-electron chi connectivity index (χ0n) is 30.7. The third kappa shape index (κ3) is 9.19. The second-order valence-electron chi connectivity index (χ2n) is 14.8. The molecule has 0 aliphatic carbocycles. The lowest BCUT2D eigenvalue weighted by atomic mass is 9.98. The molecule has 10 nitrogen and oxygen atoms in total. The van der Waals surface area contributed by atoms with Crippen LogP contribution in [-0.2, 0) is 22.3 Å². The molecule has 0 fully saturated rings. The van der Waals surface area contributed by atoms with Crippen molar-refractivity contribution in [2.75, 3.05) is 10.6 Å². The molecule has 0 saturated heterocycles. The van der Waals surface area contributed by atoms with Gasteiger partial charge < -0.3 is 20.1 Å². The van der Waals surface area contributed by atoms with Crippen molar-refractivity contribution in [1.29, 1.82) is 0 Å². The van der Waals surface area contributed by atoms with Crippen LogP contribution in [0.1, 0.15) is 70.7 Å². The van der Waals surface area contributed by atoms with Crippen LogP contribution in [0.5, 0.6) is 0 Å². The van der Waals surface area contributed by atoms with E-state index in [9.17, 15) is 9.59 Å². The monoisotopic (exact) mass is 696 g/mol. The summed E-state index contributed by atoms with van der Waals surface area (Å²) < 4.78 is 10.6. The molecular formula is C42H44N6O4. The third-order valence-corrected chi connectivity index (χ3v) is 8.08. The van der Waals surface area contributed by atoms with Gasteiger partial charge in [0, 0.05) is 24.2 Å². The number of amidine groups is 1. The molecule has 0 unspecified atom stereocenters. The molecule has 3 N–H and O–H groups in total. The first-order chi connectivity index (χ1) is 24.6. The highest BCUT2D eigenvalue weighted by molar-refractivity contribution is 6.08. The maximum atomic E-state index is 12.1. The Hall–Kier alpha value is -6.03. The van der Waals surface area contributed by atoms with Crippen LogP contribution in [0.3, 0.4) is 0 Å². The molecule has 0 radical (unpaired) electrons. The molecule has 2 heterocycles.